The maximum absolute atomic E-state index is 11.9. The van der Waals surface area contributed by atoms with Crippen molar-refractivity contribution in [1.82, 2.24) is 45.0 Å². The number of aromatic nitrogens is 9. The zero-order valence-electron chi connectivity index (χ0n) is 42.9. The lowest BCUT2D eigenvalue weighted by molar-refractivity contribution is -0.146. The molecule has 3 heterocycles. The van der Waals surface area contributed by atoms with Crippen molar-refractivity contribution in [2.75, 3.05) is 0 Å². The van der Waals surface area contributed by atoms with Gasteiger partial charge in [0.05, 0.1) is 0 Å². The highest BCUT2D eigenvalue weighted by Crippen LogP contribution is 2.35. The molecule has 12 aromatic rings. The van der Waals surface area contributed by atoms with E-state index in [0.29, 0.717) is 99.2 Å². The molecule has 3 aromatic heterocycles. The number of ether oxygens (including phenoxy) is 3. The molecule has 0 bridgehead atoms. The maximum atomic E-state index is 11.9. The third-order valence-electron chi connectivity index (χ3n) is 12.1. The number of aliphatic carboxylic acids is 3. The van der Waals surface area contributed by atoms with E-state index in [0.717, 1.165) is 13.4 Å². The molecule has 0 saturated heterocycles. The van der Waals surface area contributed by atoms with Gasteiger partial charge in [-0.05, 0) is 127 Å². The van der Waals surface area contributed by atoms with E-state index < -0.39 is 36.2 Å². The third-order valence-corrected chi connectivity index (χ3v) is 14.3. The molecule has 0 amide bonds. The molecular weight excluding hydrogens is 1380 g/mol. The normalized spacial score (nSPS) is 11.5. The molecule has 452 valence electrons. The Hall–Kier alpha value is -8.70. The monoisotopic (exact) mass is 1440 g/mol. The van der Waals surface area contributed by atoms with E-state index in [9.17, 15) is 29.7 Å². The van der Waals surface area contributed by atoms with E-state index in [1.807, 2.05) is 91.0 Å². The molecule has 12 rings (SSSR count). The molecule has 0 aliphatic heterocycles. The predicted octanol–water partition coefficient (Wildman–Crippen LogP) is 17.7. The highest BCUT2D eigenvalue weighted by molar-refractivity contribution is 9.11. The van der Waals surface area contributed by atoms with E-state index in [2.05, 4.69) is 78.4 Å². The van der Waals surface area contributed by atoms with E-state index in [1.165, 1.54) is 14.4 Å². The number of halogens is 6. The van der Waals surface area contributed by atoms with Gasteiger partial charge >= 0.3 is 17.9 Å². The van der Waals surface area contributed by atoms with Gasteiger partial charge in [-0.3, -0.25) is 0 Å². The fourth-order valence-electron chi connectivity index (χ4n) is 8.31. The molecular formula is C64H55Br3Cl3N9O9. The molecule has 18 nitrogen and oxygen atoms in total. The lowest BCUT2D eigenvalue weighted by atomic mass is 10.1. The van der Waals surface area contributed by atoms with Crippen molar-refractivity contribution in [2.24, 2.45) is 0 Å². The highest BCUT2D eigenvalue weighted by Gasteiger charge is 2.28. The minimum atomic E-state index is -1.21. The Labute approximate surface area is 546 Å². The number of fused-ring (bicyclic) bond motifs is 3. The molecule has 9 aromatic carbocycles. The van der Waals surface area contributed by atoms with Gasteiger partial charge < -0.3 is 29.5 Å². The van der Waals surface area contributed by atoms with Crippen molar-refractivity contribution < 1.29 is 43.9 Å². The van der Waals surface area contributed by atoms with Crippen LogP contribution in [0.1, 0.15) is 64.7 Å². The van der Waals surface area contributed by atoms with Crippen LogP contribution in [0.2, 0.25) is 15.1 Å². The molecule has 0 aliphatic carbocycles. The van der Waals surface area contributed by atoms with Gasteiger partial charge in [0, 0.05) is 45.2 Å². The van der Waals surface area contributed by atoms with Crippen molar-refractivity contribution in [3.8, 4) is 34.3 Å². The Kier molecular flexibility index (Phi) is 23.9. The van der Waals surface area contributed by atoms with Crippen LogP contribution in [-0.4, -0.2) is 78.2 Å². The number of rotatable bonds is 15. The van der Waals surface area contributed by atoms with Crippen LogP contribution in [0.15, 0.2) is 214 Å². The molecule has 88 heavy (non-hydrogen) atoms. The molecule has 0 saturated carbocycles. The van der Waals surface area contributed by atoms with Gasteiger partial charge in [0.1, 0.15) is 67.4 Å². The van der Waals surface area contributed by atoms with Gasteiger partial charge in [0.15, 0.2) is 0 Å². The van der Waals surface area contributed by atoms with Crippen molar-refractivity contribution in [3.05, 3.63) is 245 Å². The van der Waals surface area contributed by atoms with Crippen molar-refractivity contribution >= 4 is 134 Å². The van der Waals surface area contributed by atoms with Crippen LogP contribution in [-0.2, 0) is 14.4 Å². The zero-order valence-corrected chi connectivity index (χ0v) is 49.9. The smallest absolute Gasteiger partial charge is 0.349 e. The van der Waals surface area contributed by atoms with E-state index >= 15 is 0 Å². The Morgan fingerprint density at radius 1 is 0.341 bits per heavy atom. The summed E-state index contributed by atoms with van der Waals surface area (Å²) in [7, 11) is 0. The van der Waals surface area contributed by atoms with Crippen LogP contribution in [0.3, 0.4) is 0 Å². The second-order valence-electron chi connectivity index (χ2n) is 17.9. The molecule has 3 unspecified atom stereocenters. The average molecular weight is 1440 g/mol. The Morgan fingerprint density at radius 2 is 0.568 bits per heavy atom. The summed E-state index contributed by atoms with van der Waals surface area (Å²) < 4.78 is 19.9. The van der Waals surface area contributed by atoms with Crippen LogP contribution in [0.25, 0.3) is 50.2 Å². The molecule has 24 heteroatoms. The topological polar surface area (TPSA) is 232 Å². The first-order chi connectivity index (χ1) is 40.5. The summed E-state index contributed by atoms with van der Waals surface area (Å²) in [6.45, 7) is 0. The first-order valence-electron chi connectivity index (χ1n) is 24.8. The SMILES string of the molecule is C.C.C.C.O=C(O)C(Oc1ccc(Cl)cc1-n1nc2ccccc2n1)c1cccc(Br)c1.O=C(O)C(Oc1ccc(Cl)cc1-n1nc2ccccc2n1)c1cccc(Br)c1.O=C(O)C(Oc1ccc(Cl)cc1-n1nc2ccccc2n1)c1cccc(Br)c1. The maximum Gasteiger partial charge on any atom is 0.349 e. The van der Waals surface area contributed by atoms with Gasteiger partial charge in [-0.2, -0.15) is 0 Å². The second kappa shape index (κ2) is 30.8. The Morgan fingerprint density at radius 3 is 0.773 bits per heavy atom. The summed E-state index contributed by atoms with van der Waals surface area (Å²) in [4.78, 5) is 39.8. The van der Waals surface area contributed by atoms with E-state index in [-0.39, 0.29) is 29.7 Å². The highest BCUT2D eigenvalue weighted by atomic mass is 79.9. The summed E-state index contributed by atoms with van der Waals surface area (Å²) in [6.07, 6.45) is -3.62. The minimum Gasteiger partial charge on any atom is -0.478 e. The van der Waals surface area contributed by atoms with Crippen LogP contribution < -0.4 is 14.2 Å². The van der Waals surface area contributed by atoms with Gasteiger partial charge in [-0.1, -0.05) is 185 Å². The van der Waals surface area contributed by atoms with Gasteiger partial charge in [-0.15, -0.1) is 45.0 Å². The Bertz CT molecular complexity index is 3880. The Balaban J connectivity index is 0.000000206. The average Bonchev–Trinajstić information content (AvgIpc) is 3.76. The summed E-state index contributed by atoms with van der Waals surface area (Å²) in [5.74, 6) is -2.43. The number of carboxylic acid groups (broad SMARTS) is 3. The van der Waals surface area contributed by atoms with Crippen molar-refractivity contribution in [3.63, 3.8) is 0 Å². The second-order valence-corrected chi connectivity index (χ2v) is 22.0. The minimum absolute atomic E-state index is 0. The lowest BCUT2D eigenvalue weighted by Gasteiger charge is -2.18. The molecule has 3 atom stereocenters. The summed E-state index contributed by atoms with van der Waals surface area (Å²) in [5, 5.41) is 57.1. The van der Waals surface area contributed by atoms with Crippen LogP contribution >= 0.6 is 82.6 Å². The number of nitrogens with zero attached hydrogens (tertiary/aromatic N) is 9. The number of carboxylic acids is 3. The summed E-state index contributed by atoms with van der Waals surface area (Å²) >= 11 is 28.5. The van der Waals surface area contributed by atoms with Crippen LogP contribution in [0.5, 0.6) is 17.2 Å². The number of hydrogen-bond acceptors (Lipinski definition) is 12. The quantitative estimate of drug-likeness (QED) is 0.0866. The molecule has 0 spiro atoms. The molecule has 3 N–H and O–H groups in total. The molecule has 0 aliphatic rings. The summed E-state index contributed by atoms with van der Waals surface area (Å²) in [5.41, 5.74) is 7.07. The van der Waals surface area contributed by atoms with Crippen molar-refractivity contribution in [1.29, 1.82) is 0 Å². The zero-order chi connectivity index (χ0) is 59.0. The lowest BCUT2D eigenvalue weighted by Crippen LogP contribution is -2.19. The standard InChI is InChI=1S/3C20H13BrClN3O3.4CH4/c3*21-13-5-3-4-12(10-13)19(20(26)27)28-18-9-8-14(22)11-17(18)25-23-15-6-1-2-7-16(15)24-25;;;;/h3*1-11,19H,(H,26,27);4*1H4. The fraction of sp³-hybridized carbons (Fsp3) is 0.109. The van der Waals surface area contributed by atoms with Crippen molar-refractivity contribution in [2.45, 2.75) is 48.0 Å². The molecule has 0 radical (unpaired) electrons. The number of carbonyl (C=O) groups is 3. The first kappa shape index (κ1) is 68.4. The van der Waals surface area contributed by atoms with E-state index in [1.54, 1.807) is 109 Å². The van der Waals surface area contributed by atoms with Gasteiger partial charge in [-0.25, -0.2) is 14.4 Å². The number of benzene rings is 9. The van der Waals surface area contributed by atoms with Gasteiger partial charge in [0.25, 0.3) is 0 Å². The van der Waals surface area contributed by atoms with Crippen LogP contribution in [0, 0.1) is 0 Å². The predicted molar refractivity (Wildman–Crippen MR) is 354 cm³/mol. The largest absolute Gasteiger partial charge is 0.478 e. The van der Waals surface area contributed by atoms with Crippen LogP contribution in [0.4, 0.5) is 0 Å². The third kappa shape index (κ3) is 16.5. The summed E-state index contributed by atoms with van der Waals surface area (Å²) in [6, 6.07) is 57.7. The first-order valence-corrected chi connectivity index (χ1v) is 28.4. The number of hydrogen-bond donors (Lipinski definition) is 3. The van der Waals surface area contributed by atoms with Gasteiger partial charge in [0.2, 0.25) is 18.3 Å². The molecule has 0 fully saturated rings. The van der Waals surface area contributed by atoms with E-state index in [4.69, 9.17) is 49.0 Å². The fourth-order valence-corrected chi connectivity index (χ4v) is 10.1.